The summed E-state index contributed by atoms with van der Waals surface area (Å²) in [4.78, 5) is 32.7. The van der Waals surface area contributed by atoms with E-state index in [0.29, 0.717) is 42.0 Å². The Kier molecular flexibility index (Phi) is 4.83. The van der Waals surface area contributed by atoms with Crippen LogP contribution in [0.2, 0.25) is 0 Å². The normalized spacial score (nSPS) is 14.9. The molecule has 29 heavy (non-hydrogen) atoms. The minimum Gasteiger partial charge on any atom is -0.486 e. The van der Waals surface area contributed by atoms with Crippen LogP contribution in [0.4, 0.5) is 0 Å². The van der Waals surface area contributed by atoms with Crippen molar-refractivity contribution in [3.63, 3.8) is 0 Å². The average Bonchev–Trinajstić information content (AvgIpc) is 3.32. The van der Waals surface area contributed by atoms with E-state index in [1.54, 1.807) is 34.1 Å². The van der Waals surface area contributed by atoms with E-state index in [1.165, 1.54) is 22.2 Å². The predicted octanol–water partition coefficient (Wildman–Crippen LogP) is 3.71. The predicted molar refractivity (Wildman–Crippen MR) is 114 cm³/mol. The van der Waals surface area contributed by atoms with Crippen molar-refractivity contribution < 1.29 is 14.3 Å². The van der Waals surface area contributed by atoms with Gasteiger partial charge in [0.15, 0.2) is 22.4 Å². The Hall–Kier alpha value is -2.32. The number of thioether (sulfide) groups is 1. The number of hydrogen-bond acceptors (Lipinski definition) is 7. The second-order valence-corrected chi connectivity index (χ2v) is 9.08. The Morgan fingerprint density at radius 3 is 2.90 bits per heavy atom. The third-order valence-electron chi connectivity index (χ3n) is 5.30. The van der Waals surface area contributed by atoms with Gasteiger partial charge in [-0.1, -0.05) is 11.8 Å². The second-order valence-electron chi connectivity index (χ2n) is 7.05. The van der Waals surface area contributed by atoms with Crippen LogP contribution in [0.3, 0.4) is 0 Å². The van der Waals surface area contributed by atoms with Gasteiger partial charge in [-0.25, -0.2) is 4.98 Å². The third kappa shape index (κ3) is 3.24. The number of rotatable bonds is 5. The van der Waals surface area contributed by atoms with Gasteiger partial charge < -0.3 is 9.47 Å². The third-order valence-corrected chi connectivity index (χ3v) is 7.46. The van der Waals surface area contributed by atoms with Gasteiger partial charge in [-0.15, -0.1) is 11.3 Å². The number of carbonyl (C=O) groups excluding carboxylic acids is 1. The summed E-state index contributed by atoms with van der Waals surface area (Å²) in [5, 5.41) is 1.39. The van der Waals surface area contributed by atoms with Crippen molar-refractivity contribution in [3.05, 3.63) is 44.6 Å². The number of Topliss-reactive ketones (excluding diaryl/α,β-unsaturated/α-hetero) is 1. The smallest absolute Gasteiger partial charge is 0.263 e. The molecule has 0 N–H and O–H groups in total. The van der Waals surface area contributed by atoms with E-state index in [2.05, 4.69) is 0 Å². The molecular weight excluding hydrogens is 408 g/mol. The fourth-order valence-electron chi connectivity index (χ4n) is 3.88. The van der Waals surface area contributed by atoms with Crippen LogP contribution >= 0.6 is 23.1 Å². The highest BCUT2D eigenvalue weighted by Gasteiger charge is 2.23. The maximum Gasteiger partial charge on any atom is 0.263 e. The molecule has 6 nitrogen and oxygen atoms in total. The maximum absolute atomic E-state index is 13.1. The summed E-state index contributed by atoms with van der Waals surface area (Å²) in [5.74, 6) is 1.45. The lowest BCUT2D eigenvalue weighted by Crippen LogP contribution is -2.23. The molecule has 8 heteroatoms. The van der Waals surface area contributed by atoms with E-state index in [9.17, 15) is 9.59 Å². The minimum atomic E-state index is -0.0300. The summed E-state index contributed by atoms with van der Waals surface area (Å²) >= 11 is 2.95. The zero-order valence-corrected chi connectivity index (χ0v) is 17.7. The van der Waals surface area contributed by atoms with Gasteiger partial charge in [-0.05, 0) is 49.9 Å². The van der Waals surface area contributed by atoms with Gasteiger partial charge in [0, 0.05) is 17.0 Å². The average molecular weight is 429 g/mol. The molecule has 3 aromatic rings. The van der Waals surface area contributed by atoms with E-state index >= 15 is 0 Å². The van der Waals surface area contributed by atoms with Crippen molar-refractivity contribution in [2.45, 2.75) is 37.9 Å². The largest absolute Gasteiger partial charge is 0.486 e. The van der Waals surface area contributed by atoms with Crippen molar-refractivity contribution in [2.75, 3.05) is 19.0 Å². The highest BCUT2D eigenvalue weighted by Crippen LogP contribution is 2.36. The lowest BCUT2D eigenvalue weighted by atomic mass is 10.1. The van der Waals surface area contributed by atoms with Gasteiger partial charge in [0.1, 0.15) is 18.0 Å². The highest BCUT2D eigenvalue weighted by atomic mass is 32.2. The zero-order chi connectivity index (χ0) is 20.0. The quantitative estimate of drug-likeness (QED) is 0.351. The van der Waals surface area contributed by atoms with Crippen LogP contribution in [0, 0.1) is 0 Å². The summed E-state index contributed by atoms with van der Waals surface area (Å²) in [6.07, 6.45) is 3.11. The molecule has 3 heterocycles. The molecule has 0 radical (unpaired) electrons. The molecule has 150 valence electrons. The molecule has 0 saturated heterocycles. The number of hydrogen-bond donors (Lipinski definition) is 0. The van der Waals surface area contributed by atoms with E-state index in [1.807, 2.05) is 6.92 Å². The molecule has 2 aliphatic rings. The van der Waals surface area contributed by atoms with Crippen molar-refractivity contribution in [2.24, 2.45) is 0 Å². The Bertz CT molecular complexity index is 1180. The van der Waals surface area contributed by atoms with Gasteiger partial charge in [0.25, 0.3) is 5.56 Å². The fourth-order valence-corrected chi connectivity index (χ4v) is 6.14. The number of ether oxygens (including phenoxy) is 2. The number of thiophene rings is 1. The van der Waals surface area contributed by atoms with Gasteiger partial charge in [-0.2, -0.15) is 0 Å². The topological polar surface area (TPSA) is 70.4 Å². The van der Waals surface area contributed by atoms with Crippen LogP contribution in [-0.2, 0) is 19.4 Å². The summed E-state index contributed by atoms with van der Waals surface area (Å²) in [5.41, 5.74) is 1.78. The maximum atomic E-state index is 13.1. The van der Waals surface area contributed by atoms with E-state index < -0.39 is 0 Å². The minimum absolute atomic E-state index is 0.0196. The number of ketones is 1. The van der Waals surface area contributed by atoms with Gasteiger partial charge in [0.05, 0.1) is 11.1 Å². The second kappa shape index (κ2) is 7.50. The first kappa shape index (κ1) is 18.7. The summed E-state index contributed by atoms with van der Waals surface area (Å²) in [6.45, 7) is 3.48. The van der Waals surface area contributed by atoms with Gasteiger partial charge in [0.2, 0.25) is 0 Å². The molecule has 1 aromatic carbocycles. The molecular formula is C21H20N2O4S2. The molecule has 1 aliphatic heterocycles. The first-order valence-corrected chi connectivity index (χ1v) is 11.6. The molecule has 0 atom stereocenters. The van der Waals surface area contributed by atoms with Gasteiger partial charge >= 0.3 is 0 Å². The summed E-state index contributed by atoms with van der Waals surface area (Å²) < 4.78 is 12.8. The molecule has 0 spiro atoms. The first-order chi connectivity index (χ1) is 14.2. The lowest BCUT2D eigenvalue weighted by molar-refractivity contribution is 0.102. The van der Waals surface area contributed by atoms with Crippen LogP contribution in [0.15, 0.2) is 28.2 Å². The zero-order valence-electron chi connectivity index (χ0n) is 16.0. The first-order valence-electron chi connectivity index (χ1n) is 9.76. The molecule has 0 unspecified atom stereocenters. The summed E-state index contributed by atoms with van der Waals surface area (Å²) in [6, 6.07) is 5.25. The molecule has 5 rings (SSSR count). The molecule has 0 fully saturated rings. The Labute approximate surface area is 175 Å². The van der Waals surface area contributed by atoms with Gasteiger partial charge in [-0.3, -0.25) is 14.2 Å². The summed E-state index contributed by atoms with van der Waals surface area (Å²) in [7, 11) is 0. The Balaban J connectivity index is 1.42. The number of fused-ring (bicyclic) bond motifs is 4. The van der Waals surface area contributed by atoms with Crippen molar-refractivity contribution >= 4 is 39.1 Å². The monoisotopic (exact) mass is 428 g/mol. The SMILES string of the molecule is CCn1c(SCC(=O)c2ccc3c(c2)OCCO3)nc2sc3c(c2c1=O)CCC3. The Morgan fingerprint density at radius 2 is 2.07 bits per heavy atom. The van der Waals surface area contributed by atoms with Crippen LogP contribution < -0.4 is 15.0 Å². The van der Waals surface area contributed by atoms with Crippen LogP contribution in [-0.4, -0.2) is 34.3 Å². The van der Waals surface area contributed by atoms with Crippen molar-refractivity contribution in [1.29, 1.82) is 0 Å². The molecule has 0 bridgehead atoms. The number of aryl methyl sites for hydroxylation is 2. The van der Waals surface area contributed by atoms with Crippen LogP contribution in [0.5, 0.6) is 11.5 Å². The van der Waals surface area contributed by atoms with E-state index in [4.69, 9.17) is 14.5 Å². The molecule has 0 saturated carbocycles. The molecule has 2 aromatic heterocycles. The number of aromatic nitrogens is 2. The number of benzene rings is 1. The number of nitrogens with zero attached hydrogens (tertiary/aromatic N) is 2. The Morgan fingerprint density at radius 1 is 1.24 bits per heavy atom. The fraction of sp³-hybridized carbons (Fsp3) is 0.381. The van der Waals surface area contributed by atoms with E-state index in [-0.39, 0.29) is 17.1 Å². The van der Waals surface area contributed by atoms with Crippen molar-refractivity contribution in [1.82, 2.24) is 9.55 Å². The van der Waals surface area contributed by atoms with Crippen LogP contribution in [0.25, 0.3) is 10.2 Å². The van der Waals surface area contributed by atoms with E-state index in [0.717, 1.165) is 29.5 Å². The standard InChI is InChI=1S/C21H20N2O4S2/c1-2-23-20(25)18-13-4-3-5-17(13)29-19(18)22-21(23)28-11-14(24)12-6-7-15-16(10-12)27-9-8-26-15/h6-7,10H,2-5,8-9,11H2,1H3. The molecule has 1 aliphatic carbocycles. The lowest BCUT2D eigenvalue weighted by Gasteiger charge is -2.18. The van der Waals surface area contributed by atoms with Crippen molar-refractivity contribution in [3.8, 4) is 11.5 Å². The van der Waals surface area contributed by atoms with Crippen LogP contribution in [0.1, 0.15) is 34.1 Å². The number of carbonyl (C=O) groups is 1. The highest BCUT2D eigenvalue weighted by molar-refractivity contribution is 7.99. The molecule has 0 amide bonds.